The monoisotopic (exact) mass is 417 g/mol. The van der Waals surface area contributed by atoms with Crippen molar-refractivity contribution < 1.29 is 22.8 Å². The highest BCUT2D eigenvalue weighted by molar-refractivity contribution is 5.98. The van der Waals surface area contributed by atoms with Crippen LogP contribution in [-0.4, -0.2) is 42.9 Å². The summed E-state index contributed by atoms with van der Waals surface area (Å²) in [4.78, 5) is 28.3. The number of benzene rings is 2. The number of anilines is 2. The normalized spacial score (nSPS) is 17.0. The van der Waals surface area contributed by atoms with Crippen LogP contribution >= 0.6 is 0 Å². The van der Waals surface area contributed by atoms with Gasteiger partial charge >= 0.3 is 6.18 Å². The van der Waals surface area contributed by atoms with Gasteiger partial charge in [0.15, 0.2) is 0 Å². The van der Waals surface area contributed by atoms with E-state index in [4.69, 9.17) is 0 Å². The highest BCUT2D eigenvalue weighted by Crippen LogP contribution is 2.32. The molecular formula is C22H22F3N3O2. The molecule has 1 heterocycles. The average molecular weight is 417 g/mol. The lowest BCUT2D eigenvalue weighted by Crippen LogP contribution is -2.48. The van der Waals surface area contributed by atoms with Crippen molar-refractivity contribution in [1.82, 2.24) is 4.90 Å². The number of amides is 2. The van der Waals surface area contributed by atoms with Gasteiger partial charge in [0.1, 0.15) is 0 Å². The largest absolute Gasteiger partial charge is 0.416 e. The number of carbonyl (C=O) groups is 2. The number of nitrogens with zero attached hydrogens (tertiary/aromatic N) is 2. The number of nitrogens with one attached hydrogen (secondary N) is 1. The molecule has 1 N–H and O–H groups in total. The Hall–Kier alpha value is -3.03. The van der Waals surface area contributed by atoms with Crippen LogP contribution in [0.3, 0.4) is 0 Å². The van der Waals surface area contributed by atoms with Gasteiger partial charge in [-0.25, -0.2) is 0 Å². The smallest absolute Gasteiger partial charge is 0.368 e. The van der Waals surface area contributed by atoms with Crippen LogP contribution in [0, 0.1) is 5.92 Å². The first-order valence-electron chi connectivity index (χ1n) is 9.94. The van der Waals surface area contributed by atoms with Gasteiger partial charge in [-0.05, 0) is 49.2 Å². The van der Waals surface area contributed by atoms with Crippen molar-refractivity contribution in [2.75, 3.05) is 36.4 Å². The van der Waals surface area contributed by atoms with E-state index in [1.165, 1.54) is 6.07 Å². The van der Waals surface area contributed by atoms with E-state index >= 15 is 0 Å². The zero-order chi connectivity index (χ0) is 21.3. The summed E-state index contributed by atoms with van der Waals surface area (Å²) in [5.41, 5.74) is 0.904. The fraction of sp³-hybridized carbons (Fsp3) is 0.364. The van der Waals surface area contributed by atoms with Crippen LogP contribution in [0.4, 0.5) is 24.5 Å². The highest BCUT2D eigenvalue weighted by atomic mass is 19.4. The maximum absolute atomic E-state index is 13.0. The molecule has 1 saturated heterocycles. The molecule has 1 aliphatic carbocycles. The summed E-state index contributed by atoms with van der Waals surface area (Å²) in [6.07, 6.45) is -2.57. The first-order valence-corrected chi connectivity index (χ1v) is 9.94. The minimum absolute atomic E-state index is 0.0192. The molecule has 5 nitrogen and oxygen atoms in total. The number of rotatable bonds is 4. The summed E-state index contributed by atoms with van der Waals surface area (Å²) < 4.78 is 38.9. The standard InChI is InChI=1S/C22H22F3N3O2/c23-22(24,25)17-4-2-6-19(14-17)27-9-11-28(12-10-27)21(30)16-3-1-5-18(13-16)26-20(29)15-7-8-15/h1-6,13-15H,7-12H2,(H,26,29). The van der Waals surface area contributed by atoms with Crippen molar-refractivity contribution in [2.24, 2.45) is 5.92 Å². The van der Waals surface area contributed by atoms with E-state index in [-0.39, 0.29) is 17.7 Å². The van der Waals surface area contributed by atoms with E-state index in [2.05, 4.69) is 5.32 Å². The van der Waals surface area contributed by atoms with E-state index in [9.17, 15) is 22.8 Å². The fourth-order valence-electron chi connectivity index (χ4n) is 3.55. The minimum atomic E-state index is -4.38. The van der Waals surface area contributed by atoms with Gasteiger partial charge in [-0.15, -0.1) is 0 Å². The Morgan fingerprint density at radius 2 is 1.63 bits per heavy atom. The van der Waals surface area contributed by atoms with Crippen molar-refractivity contribution in [3.05, 3.63) is 59.7 Å². The molecule has 2 aliphatic rings. The van der Waals surface area contributed by atoms with Gasteiger partial charge in [-0.2, -0.15) is 13.2 Å². The molecule has 1 saturated carbocycles. The SMILES string of the molecule is O=C(Nc1cccc(C(=O)N2CCN(c3cccc(C(F)(F)F)c3)CC2)c1)C1CC1. The van der Waals surface area contributed by atoms with Crippen molar-refractivity contribution >= 4 is 23.2 Å². The van der Waals surface area contributed by atoms with E-state index < -0.39 is 11.7 Å². The van der Waals surface area contributed by atoms with E-state index in [0.717, 1.165) is 25.0 Å². The molecule has 0 unspecified atom stereocenters. The Morgan fingerprint density at radius 3 is 2.30 bits per heavy atom. The van der Waals surface area contributed by atoms with Crippen LogP contribution in [0.15, 0.2) is 48.5 Å². The van der Waals surface area contributed by atoms with Gasteiger partial charge in [-0.1, -0.05) is 12.1 Å². The summed E-state index contributed by atoms with van der Waals surface area (Å²) >= 11 is 0. The van der Waals surface area contributed by atoms with Gasteiger partial charge in [0.05, 0.1) is 5.56 Å². The fourth-order valence-corrected chi connectivity index (χ4v) is 3.55. The number of carbonyl (C=O) groups excluding carboxylic acids is 2. The first kappa shape index (κ1) is 20.3. The topological polar surface area (TPSA) is 52.7 Å². The molecule has 8 heteroatoms. The van der Waals surface area contributed by atoms with Crippen LogP contribution in [0.25, 0.3) is 0 Å². The number of alkyl halides is 3. The maximum atomic E-state index is 13.0. The van der Waals surface area contributed by atoms with Crippen LogP contribution in [0.1, 0.15) is 28.8 Å². The summed E-state index contributed by atoms with van der Waals surface area (Å²) in [6.45, 7) is 1.72. The molecule has 2 fully saturated rings. The zero-order valence-corrected chi connectivity index (χ0v) is 16.3. The Morgan fingerprint density at radius 1 is 0.933 bits per heavy atom. The van der Waals surface area contributed by atoms with Gasteiger partial charge in [0.2, 0.25) is 5.91 Å². The summed E-state index contributed by atoms with van der Waals surface area (Å²) in [5, 5.41) is 2.84. The molecular weight excluding hydrogens is 395 g/mol. The van der Waals surface area contributed by atoms with Crippen LogP contribution < -0.4 is 10.2 Å². The summed E-state index contributed by atoms with van der Waals surface area (Å²) in [6, 6.07) is 12.1. The van der Waals surface area contributed by atoms with E-state index in [0.29, 0.717) is 43.1 Å². The molecule has 0 bridgehead atoms. The second kappa shape index (κ2) is 8.01. The minimum Gasteiger partial charge on any atom is -0.368 e. The molecule has 4 rings (SSSR count). The van der Waals surface area contributed by atoms with Crippen molar-refractivity contribution in [2.45, 2.75) is 19.0 Å². The Balaban J connectivity index is 1.38. The molecule has 2 aromatic carbocycles. The zero-order valence-electron chi connectivity index (χ0n) is 16.3. The molecule has 0 radical (unpaired) electrons. The van der Waals surface area contributed by atoms with E-state index in [1.807, 2.05) is 4.90 Å². The predicted molar refractivity (Wildman–Crippen MR) is 107 cm³/mol. The van der Waals surface area contributed by atoms with Crippen molar-refractivity contribution in [3.63, 3.8) is 0 Å². The number of piperazine rings is 1. The molecule has 1 aliphatic heterocycles. The third-order valence-corrected chi connectivity index (χ3v) is 5.43. The number of hydrogen-bond acceptors (Lipinski definition) is 3. The Labute approximate surface area is 172 Å². The second-order valence-electron chi connectivity index (χ2n) is 7.67. The van der Waals surface area contributed by atoms with Gasteiger partial charge in [-0.3, -0.25) is 9.59 Å². The quantitative estimate of drug-likeness (QED) is 0.818. The molecule has 158 valence electrons. The second-order valence-corrected chi connectivity index (χ2v) is 7.67. The molecule has 30 heavy (non-hydrogen) atoms. The van der Waals surface area contributed by atoms with Crippen molar-refractivity contribution in [3.8, 4) is 0 Å². The molecule has 0 aromatic heterocycles. The molecule has 0 atom stereocenters. The van der Waals surface area contributed by atoms with Crippen LogP contribution in [0.5, 0.6) is 0 Å². The average Bonchev–Trinajstić information content (AvgIpc) is 3.59. The van der Waals surface area contributed by atoms with Gasteiger partial charge in [0, 0.05) is 49.0 Å². The summed E-state index contributed by atoms with van der Waals surface area (Å²) in [5.74, 6) is -0.0937. The van der Waals surface area contributed by atoms with Gasteiger partial charge in [0.25, 0.3) is 5.91 Å². The van der Waals surface area contributed by atoms with E-state index in [1.54, 1.807) is 35.2 Å². The lowest BCUT2D eigenvalue weighted by molar-refractivity contribution is -0.137. The van der Waals surface area contributed by atoms with Crippen LogP contribution in [0.2, 0.25) is 0 Å². The highest BCUT2D eigenvalue weighted by Gasteiger charge is 2.32. The third kappa shape index (κ3) is 4.58. The third-order valence-electron chi connectivity index (χ3n) is 5.43. The van der Waals surface area contributed by atoms with Gasteiger partial charge < -0.3 is 15.1 Å². The molecule has 0 spiro atoms. The lowest BCUT2D eigenvalue weighted by atomic mass is 10.1. The number of halogens is 3. The first-order chi connectivity index (χ1) is 14.3. The van der Waals surface area contributed by atoms with Crippen LogP contribution in [-0.2, 0) is 11.0 Å². The Kier molecular flexibility index (Phi) is 5.40. The molecule has 2 aromatic rings. The molecule has 2 amide bonds. The summed E-state index contributed by atoms with van der Waals surface area (Å²) in [7, 11) is 0. The number of hydrogen-bond donors (Lipinski definition) is 1. The van der Waals surface area contributed by atoms with Crippen molar-refractivity contribution in [1.29, 1.82) is 0 Å². The lowest BCUT2D eigenvalue weighted by Gasteiger charge is -2.36. The predicted octanol–water partition coefficient (Wildman–Crippen LogP) is 4.02. The maximum Gasteiger partial charge on any atom is 0.416 e. The Bertz CT molecular complexity index is 949.